The Bertz CT molecular complexity index is 442. The van der Waals surface area contributed by atoms with Gasteiger partial charge in [-0.3, -0.25) is 0 Å². The van der Waals surface area contributed by atoms with E-state index in [-0.39, 0.29) is 11.6 Å². The fourth-order valence-corrected chi connectivity index (χ4v) is 5.77. The van der Waals surface area contributed by atoms with Gasteiger partial charge in [0.15, 0.2) is 0 Å². The molecule has 0 radical (unpaired) electrons. The summed E-state index contributed by atoms with van der Waals surface area (Å²) in [6.07, 6.45) is 4.77. The zero-order valence-electron chi connectivity index (χ0n) is 10.2. The fraction of sp³-hybridized carbons (Fsp3) is 0.786. The topological polar surface area (TPSA) is 46.5 Å². The van der Waals surface area contributed by atoms with E-state index in [0.29, 0.717) is 29.2 Å². The van der Waals surface area contributed by atoms with E-state index in [0.717, 1.165) is 19.3 Å². The van der Waals surface area contributed by atoms with Crippen LogP contribution < -0.4 is 0 Å². The first-order valence-corrected chi connectivity index (χ1v) is 6.50. The monoisotopic (exact) mass is 234 g/mol. The average Bonchev–Trinajstić information content (AvgIpc) is 2.12. The molecule has 3 heteroatoms. The predicted molar refractivity (Wildman–Crippen MR) is 61.1 cm³/mol. The molecule has 1 N–H and O–H groups in total. The van der Waals surface area contributed by atoms with Crippen molar-refractivity contribution in [3.8, 4) is 0 Å². The van der Waals surface area contributed by atoms with Gasteiger partial charge in [0.25, 0.3) is 0 Å². The number of ether oxygens (including phenoxy) is 1. The summed E-state index contributed by atoms with van der Waals surface area (Å²) in [5.41, 5.74) is -0.111. The molecule has 92 valence electrons. The molecule has 0 amide bonds. The highest BCUT2D eigenvalue weighted by atomic mass is 16.6. The molecule has 0 aliphatic heterocycles. The van der Waals surface area contributed by atoms with E-state index < -0.39 is 5.60 Å². The molecule has 1 spiro atoms. The molecule has 6 aliphatic carbocycles. The van der Waals surface area contributed by atoms with Crippen LogP contribution in [0.2, 0.25) is 0 Å². The number of carbonyl (C=O) groups is 1. The molecule has 6 saturated carbocycles. The molecule has 0 aromatic carbocycles. The maximum absolute atomic E-state index is 11.7. The van der Waals surface area contributed by atoms with Crippen molar-refractivity contribution in [3.63, 3.8) is 0 Å². The lowest BCUT2D eigenvalue weighted by Gasteiger charge is -2.82. The molecule has 0 aromatic heterocycles. The van der Waals surface area contributed by atoms with Crippen LogP contribution in [0.25, 0.3) is 0 Å². The van der Waals surface area contributed by atoms with E-state index in [1.165, 1.54) is 6.42 Å². The molecule has 6 aliphatic rings. The highest BCUT2D eigenvalue weighted by molar-refractivity contribution is 5.87. The summed E-state index contributed by atoms with van der Waals surface area (Å²) < 4.78 is 5.69. The third-order valence-electron chi connectivity index (χ3n) is 5.63. The number of aliphatic hydroxyl groups is 1. The van der Waals surface area contributed by atoms with Gasteiger partial charge in [-0.15, -0.1) is 0 Å². The predicted octanol–water partition coefficient (Wildman–Crippen LogP) is 1.80. The lowest BCUT2D eigenvalue weighted by Crippen LogP contribution is -2.83. The maximum atomic E-state index is 11.7. The molecule has 5 unspecified atom stereocenters. The molecule has 6 rings (SSSR count). The van der Waals surface area contributed by atoms with Crippen LogP contribution in [0.3, 0.4) is 0 Å². The summed E-state index contributed by atoms with van der Waals surface area (Å²) in [4.78, 5) is 11.7. The molecule has 6 fully saturated rings. The first-order valence-electron chi connectivity index (χ1n) is 6.50. The summed E-state index contributed by atoms with van der Waals surface area (Å²) in [6, 6.07) is 0. The quantitative estimate of drug-likeness (QED) is 0.585. The van der Waals surface area contributed by atoms with Crippen molar-refractivity contribution in [2.75, 3.05) is 0 Å². The zero-order valence-corrected chi connectivity index (χ0v) is 10.2. The van der Waals surface area contributed by atoms with Crippen LogP contribution in [0.1, 0.15) is 39.0 Å². The highest BCUT2D eigenvalue weighted by Gasteiger charge is 2.82. The van der Waals surface area contributed by atoms with Gasteiger partial charge >= 0.3 is 5.97 Å². The number of carbonyl (C=O) groups excluding carboxylic acids is 1. The Morgan fingerprint density at radius 3 is 2.71 bits per heavy atom. The first-order chi connectivity index (χ1) is 7.88. The van der Waals surface area contributed by atoms with Crippen LogP contribution in [0.5, 0.6) is 0 Å². The summed E-state index contributed by atoms with van der Waals surface area (Å²) in [7, 11) is 0. The average molecular weight is 234 g/mol. The SMILES string of the molecule is C=C(C)C(=O)OC12CC3CC4(C1)CC(O)(C2)C34. The van der Waals surface area contributed by atoms with E-state index in [1.54, 1.807) is 6.92 Å². The van der Waals surface area contributed by atoms with Gasteiger partial charge < -0.3 is 9.84 Å². The number of hydrogen-bond donors (Lipinski definition) is 1. The van der Waals surface area contributed by atoms with Gasteiger partial charge in [-0.2, -0.15) is 0 Å². The minimum Gasteiger partial charge on any atom is -0.456 e. The van der Waals surface area contributed by atoms with Gasteiger partial charge in [-0.25, -0.2) is 4.79 Å². The van der Waals surface area contributed by atoms with Gasteiger partial charge in [-0.1, -0.05) is 6.58 Å². The van der Waals surface area contributed by atoms with Crippen molar-refractivity contribution < 1.29 is 14.6 Å². The first kappa shape index (κ1) is 10.1. The van der Waals surface area contributed by atoms with Crippen LogP contribution in [0.4, 0.5) is 0 Å². The molecule has 0 aromatic rings. The van der Waals surface area contributed by atoms with Crippen LogP contribution >= 0.6 is 0 Å². The highest BCUT2D eigenvalue weighted by Crippen LogP contribution is 2.82. The number of hydrogen-bond acceptors (Lipinski definition) is 3. The Morgan fingerprint density at radius 1 is 1.35 bits per heavy atom. The lowest BCUT2D eigenvalue weighted by atomic mass is 9.25. The van der Waals surface area contributed by atoms with Crippen molar-refractivity contribution in [3.05, 3.63) is 12.2 Å². The van der Waals surface area contributed by atoms with Gasteiger partial charge in [0.2, 0.25) is 0 Å². The fourth-order valence-electron chi connectivity index (χ4n) is 5.77. The van der Waals surface area contributed by atoms with E-state index in [1.807, 2.05) is 0 Å². The summed E-state index contributed by atoms with van der Waals surface area (Å²) in [5, 5.41) is 10.5. The van der Waals surface area contributed by atoms with E-state index >= 15 is 0 Å². The molecule has 3 nitrogen and oxygen atoms in total. The minimum atomic E-state index is -0.519. The van der Waals surface area contributed by atoms with Crippen molar-refractivity contribution >= 4 is 5.97 Å². The molecule has 0 saturated heterocycles. The van der Waals surface area contributed by atoms with Crippen molar-refractivity contribution in [2.45, 2.75) is 50.2 Å². The Balaban J connectivity index is 1.64. The lowest BCUT2D eigenvalue weighted by molar-refractivity contribution is -0.390. The van der Waals surface area contributed by atoms with Gasteiger partial charge in [0, 0.05) is 12.0 Å². The molecular weight excluding hydrogens is 216 g/mol. The second-order valence-corrected chi connectivity index (χ2v) is 7.00. The van der Waals surface area contributed by atoms with E-state index in [9.17, 15) is 9.90 Å². The molecular formula is C14H18O3. The Labute approximate surface area is 101 Å². The van der Waals surface area contributed by atoms with E-state index in [4.69, 9.17) is 4.74 Å². The zero-order chi connectivity index (χ0) is 12.1. The molecule has 0 heterocycles. The summed E-state index contributed by atoms with van der Waals surface area (Å²) in [5.74, 6) is 0.818. The molecule has 5 atom stereocenters. The van der Waals surface area contributed by atoms with Crippen molar-refractivity contribution in [1.29, 1.82) is 0 Å². The van der Waals surface area contributed by atoms with Crippen molar-refractivity contribution in [2.24, 2.45) is 17.3 Å². The van der Waals surface area contributed by atoms with Crippen LogP contribution in [-0.2, 0) is 9.53 Å². The maximum Gasteiger partial charge on any atom is 0.333 e. The normalized spacial score (nSPS) is 56.8. The third-order valence-corrected chi connectivity index (χ3v) is 5.63. The minimum absolute atomic E-state index is 0.288. The Hall–Kier alpha value is -0.830. The number of rotatable bonds is 2. The van der Waals surface area contributed by atoms with Crippen molar-refractivity contribution in [1.82, 2.24) is 0 Å². The third kappa shape index (κ3) is 0.967. The second-order valence-electron chi connectivity index (χ2n) is 7.00. The van der Waals surface area contributed by atoms with Gasteiger partial charge in [-0.05, 0) is 49.9 Å². The standard InChI is InChI=1S/C14H18O3/c1-8(2)11(15)17-13-4-9-3-12(5-13)6-14(16,7-13)10(9)12/h9-10,16H,1,3-7H2,2H3. The largest absolute Gasteiger partial charge is 0.456 e. The second kappa shape index (κ2) is 2.46. The summed E-state index contributed by atoms with van der Waals surface area (Å²) >= 11 is 0. The van der Waals surface area contributed by atoms with Crippen LogP contribution in [0, 0.1) is 17.3 Å². The summed E-state index contributed by atoms with van der Waals surface area (Å²) in [6.45, 7) is 5.32. The van der Waals surface area contributed by atoms with Crippen LogP contribution in [-0.4, -0.2) is 22.3 Å². The Kier molecular flexibility index (Phi) is 1.47. The Morgan fingerprint density at radius 2 is 2.12 bits per heavy atom. The smallest absolute Gasteiger partial charge is 0.333 e. The molecule has 17 heavy (non-hydrogen) atoms. The van der Waals surface area contributed by atoms with Gasteiger partial charge in [0.05, 0.1) is 5.60 Å². The van der Waals surface area contributed by atoms with E-state index in [2.05, 4.69) is 6.58 Å². The number of esters is 1. The molecule has 5 bridgehead atoms. The van der Waals surface area contributed by atoms with Crippen LogP contribution in [0.15, 0.2) is 12.2 Å². The van der Waals surface area contributed by atoms with Gasteiger partial charge in [0.1, 0.15) is 5.60 Å².